The monoisotopic (exact) mass is 320 g/mol. The Morgan fingerprint density at radius 3 is 2.52 bits per heavy atom. The molecule has 6 heteroatoms. The van der Waals surface area contributed by atoms with Crippen molar-refractivity contribution in [2.75, 3.05) is 11.9 Å². The molecule has 0 aromatic heterocycles. The lowest BCUT2D eigenvalue weighted by atomic mass is 10.1. The third-order valence-corrected chi connectivity index (χ3v) is 3.23. The maximum Gasteiger partial charge on any atom is 0.303 e. The van der Waals surface area contributed by atoms with Crippen LogP contribution in [-0.2, 0) is 20.8 Å². The van der Waals surface area contributed by atoms with Crippen LogP contribution in [0.25, 0.3) is 0 Å². The van der Waals surface area contributed by atoms with E-state index >= 15 is 0 Å². The molecule has 0 fully saturated rings. The van der Waals surface area contributed by atoms with Gasteiger partial charge in [-0.15, -0.1) is 0 Å². The van der Waals surface area contributed by atoms with Crippen molar-refractivity contribution < 1.29 is 19.5 Å². The standard InChI is InChI=1S/C17H24N2O4/c1-12(2)6-8-15(20)18-11-16(21)19-14-5-3-4-13(10-14)7-9-17(22)23/h3-5,10,12H,6-9,11H2,1-2H3,(H,18,20)(H,19,21)(H,22,23). The summed E-state index contributed by atoms with van der Waals surface area (Å²) >= 11 is 0. The third-order valence-electron chi connectivity index (χ3n) is 3.23. The van der Waals surface area contributed by atoms with Crippen LogP contribution in [-0.4, -0.2) is 29.4 Å². The van der Waals surface area contributed by atoms with Crippen molar-refractivity contribution in [2.24, 2.45) is 5.92 Å². The van der Waals surface area contributed by atoms with Crippen molar-refractivity contribution in [3.05, 3.63) is 29.8 Å². The lowest BCUT2D eigenvalue weighted by Crippen LogP contribution is -2.32. The maximum absolute atomic E-state index is 11.8. The molecule has 126 valence electrons. The molecule has 1 aromatic rings. The van der Waals surface area contributed by atoms with E-state index in [0.717, 1.165) is 12.0 Å². The normalized spacial score (nSPS) is 10.4. The number of hydrogen-bond acceptors (Lipinski definition) is 3. The van der Waals surface area contributed by atoms with E-state index in [-0.39, 0.29) is 24.8 Å². The first-order chi connectivity index (χ1) is 10.9. The van der Waals surface area contributed by atoms with Gasteiger partial charge in [0.2, 0.25) is 11.8 Å². The zero-order valence-electron chi connectivity index (χ0n) is 13.6. The Kier molecular flexibility index (Phi) is 7.80. The first-order valence-electron chi connectivity index (χ1n) is 7.74. The number of rotatable bonds is 9. The summed E-state index contributed by atoms with van der Waals surface area (Å²) in [5.74, 6) is -0.853. The highest BCUT2D eigenvalue weighted by Gasteiger charge is 2.07. The first-order valence-corrected chi connectivity index (χ1v) is 7.74. The molecule has 0 aliphatic heterocycles. The van der Waals surface area contributed by atoms with Gasteiger partial charge in [-0.05, 0) is 36.5 Å². The summed E-state index contributed by atoms with van der Waals surface area (Å²) in [6, 6.07) is 7.03. The van der Waals surface area contributed by atoms with E-state index in [2.05, 4.69) is 10.6 Å². The first kappa shape index (κ1) is 18.7. The molecule has 0 saturated carbocycles. The molecule has 0 spiro atoms. The van der Waals surface area contributed by atoms with Gasteiger partial charge in [0.05, 0.1) is 6.54 Å². The molecular weight excluding hydrogens is 296 g/mol. The van der Waals surface area contributed by atoms with E-state index in [9.17, 15) is 14.4 Å². The minimum Gasteiger partial charge on any atom is -0.481 e. The van der Waals surface area contributed by atoms with Gasteiger partial charge in [-0.1, -0.05) is 26.0 Å². The number of nitrogens with one attached hydrogen (secondary N) is 2. The molecule has 0 radical (unpaired) electrons. The number of aryl methyl sites for hydroxylation is 1. The molecule has 0 heterocycles. The molecule has 3 N–H and O–H groups in total. The van der Waals surface area contributed by atoms with Gasteiger partial charge < -0.3 is 15.7 Å². The summed E-state index contributed by atoms with van der Waals surface area (Å²) < 4.78 is 0. The van der Waals surface area contributed by atoms with E-state index in [4.69, 9.17) is 5.11 Å². The van der Waals surface area contributed by atoms with Crippen LogP contribution in [0.2, 0.25) is 0 Å². The summed E-state index contributed by atoms with van der Waals surface area (Å²) in [6.07, 6.45) is 1.66. The molecule has 0 aliphatic rings. The minimum atomic E-state index is -0.858. The Morgan fingerprint density at radius 2 is 1.87 bits per heavy atom. The van der Waals surface area contributed by atoms with Gasteiger partial charge in [-0.25, -0.2) is 0 Å². The quantitative estimate of drug-likeness (QED) is 0.650. The Hall–Kier alpha value is -2.37. The number of benzene rings is 1. The molecule has 0 unspecified atom stereocenters. The van der Waals surface area contributed by atoms with Crippen molar-refractivity contribution in [3.8, 4) is 0 Å². The van der Waals surface area contributed by atoms with Crippen LogP contribution >= 0.6 is 0 Å². The molecule has 1 aromatic carbocycles. The smallest absolute Gasteiger partial charge is 0.303 e. The van der Waals surface area contributed by atoms with Crippen molar-refractivity contribution in [3.63, 3.8) is 0 Å². The summed E-state index contributed by atoms with van der Waals surface area (Å²) in [6.45, 7) is 4.00. The fourth-order valence-corrected chi connectivity index (χ4v) is 1.95. The van der Waals surface area contributed by atoms with Gasteiger partial charge in [-0.2, -0.15) is 0 Å². The maximum atomic E-state index is 11.8. The van der Waals surface area contributed by atoms with Crippen molar-refractivity contribution in [2.45, 2.75) is 39.5 Å². The van der Waals surface area contributed by atoms with Crippen molar-refractivity contribution >= 4 is 23.5 Å². The summed E-state index contributed by atoms with van der Waals surface area (Å²) in [7, 11) is 0. The fraction of sp³-hybridized carbons (Fsp3) is 0.471. The van der Waals surface area contributed by atoms with E-state index < -0.39 is 5.97 Å². The lowest BCUT2D eigenvalue weighted by Gasteiger charge is -2.09. The molecule has 0 atom stereocenters. The second kappa shape index (κ2) is 9.61. The number of carboxylic acids is 1. The van der Waals surface area contributed by atoms with Crippen LogP contribution in [0.5, 0.6) is 0 Å². The number of aliphatic carboxylic acids is 1. The molecule has 0 aliphatic carbocycles. The average molecular weight is 320 g/mol. The number of anilines is 1. The average Bonchev–Trinajstić information content (AvgIpc) is 2.49. The highest BCUT2D eigenvalue weighted by Crippen LogP contribution is 2.12. The number of carboxylic acid groups (broad SMARTS) is 1. The van der Waals surface area contributed by atoms with Crippen LogP contribution in [0.1, 0.15) is 38.7 Å². The summed E-state index contributed by atoms with van der Waals surface area (Å²) in [5.41, 5.74) is 1.43. The molecule has 6 nitrogen and oxygen atoms in total. The van der Waals surface area contributed by atoms with Crippen LogP contribution in [0.3, 0.4) is 0 Å². The van der Waals surface area contributed by atoms with Gasteiger partial charge in [0, 0.05) is 18.5 Å². The predicted octanol–water partition coefficient (Wildman–Crippen LogP) is 2.19. The van der Waals surface area contributed by atoms with E-state index in [1.807, 2.05) is 19.9 Å². The molecule has 0 saturated heterocycles. The van der Waals surface area contributed by atoms with Gasteiger partial charge in [0.25, 0.3) is 0 Å². The van der Waals surface area contributed by atoms with Crippen LogP contribution in [0.15, 0.2) is 24.3 Å². The molecular formula is C17H24N2O4. The lowest BCUT2D eigenvalue weighted by molar-refractivity contribution is -0.137. The Bertz CT molecular complexity index is 555. The second-order valence-corrected chi connectivity index (χ2v) is 5.85. The number of carbonyl (C=O) groups excluding carboxylic acids is 2. The zero-order valence-corrected chi connectivity index (χ0v) is 13.6. The van der Waals surface area contributed by atoms with Crippen LogP contribution in [0, 0.1) is 5.92 Å². The predicted molar refractivity (Wildman–Crippen MR) is 88.1 cm³/mol. The van der Waals surface area contributed by atoms with Gasteiger partial charge in [0.15, 0.2) is 0 Å². The van der Waals surface area contributed by atoms with Crippen LogP contribution < -0.4 is 10.6 Å². The Morgan fingerprint density at radius 1 is 1.13 bits per heavy atom. The largest absolute Gasteiger partial charge is 0.481 e. The number of hydrogen-bond donors (Lipinski definition) is 3. The van der Waals surface area contributed by atoms with Gasteiger partial charge in [0.1, 0.15) is 0 Å². The second-order valence-electron chi connectivity index (χ2n) is 5.85. The number of carbonyl (C=O) groups is 3. The number of amides is 2. The Labute approximate surface area is 136 Å². The fourth-order valence-electron chi connectivity index (χ4n) is 1.95. The topological polar surface area (TPSA) is 95.5 Å². The summed E-state index contributed by atoms with van der Waals surface area (Å²) in [5, 5.41) is 14.0. The van der Waals surface area contributed by atoms with E-state index in [1.54, 1.807) is 18.2 Å². The minimum absolute atomic E-state index is 0.0449. The highest BCUT2D eigenvalue weighted by atomic mass is 16.4. The van der Waals surface area contributed by atoms with E-state index in [0.29, 0.717) is 24.4 Å². The third kappa shape index (κ3) is 8.60. The van der Waals surface area contributed by atoms with Crippen molar-refractivity contribution in [1.29, 1.82) is 0 Å². The molecule has 0 bridgehead atoms. The molecule has 2 amide bonds. The highest BCUT2D eigenvalue weighted by molar-refractivity contribution is 5.94. The van der Waals surface area contributed by atoms with Gasteiger partial charge in [-0.3, -0.25) is 14.4 Å². The molecule has 23 heavy (non-hydrogen) atoms. The summed E-state index contributed by atoms with van der Waals surface area (Å²) in [4.78, 5) is 33.9. The molecule has 1 rings (SSSR count). The van der Waals surface area contributed by atoms with Gasteiger partial charge >= 0.3 is 5.97 Å². The van der Waals surface area contributed by atoms with Crippen LogP contribution in [0.4, 0.5) is 5.69 Å². The Balaban J connectivity index is 2.40. The SMILES string of the molecule is CC(C)CCC(=O)NCC(=O)Nc1cccc(CCC(=O)O)c1. The zero-order chi connectivity index (χ0) is 17.2. The van der Waals surface area contributed by atoms with E-state index in [1.165, 1.54) is 0 Å². The van der Waals surface area contributed by atoms with Crippen molar-refractivity contribution in [1.82, 2.24) is 5.32 Å².